The molecule has 18 heavy (non-hydrogen) atoms. The highest BCUT2D eigenvalue weighted by Gasteiger charge is 2.24. The van der Waals surface area contributed by atoms with Gasteiger partial charge in [-0.3, -0.25) is 0 Å². The maximum Gasteiger partial charge on any atom is 0.120 e. The van der Waals surface area contributed by atoms with Gasteiger partial charge in [0.1, 0.15) is 11.5 Å². The Balaban J connectivity index is 2.02. The summed E-state index contributed by atoms with van der Waals surface area (Å²) in [6.07, 6.45) is 1.08. The normalized spacial score (nSPS) is 22.9. The molecule has 1 aliphatic rings. The Morgan fingerprint density at radius 1 is 1.33 bits per heavy atom. The maximum atomic E-state index is 9.81. The van der Waals surface area contributed by atoms with Crippen LogP contribution in [0.2, 0.25) is 0 Å². The van der Waals surface area contributed by atoms with Crippen molar-refractivity contribution in [2.75, 3.05) is 13.2 Å². The lowest BCUT2D eigenvalue weighted by Gasteiger charge is -2.24. The van der Waals surface area contributed by atoms with Crippen molar-refractivity contribution >= 4 is 0 Å². The minimum atomic E-state index is -0.00676. The molecule has 0 aromatic heterocycles. The van der Waals surface area contributed by atoms with Crippen LogP contribution in [0, 0.1) is 5.92 Å². The number of rotatable bonds is 4. The standard InChI is InChI=1S/C14H21NO3/c1-9(11-5-6-18-8-11)15-10(2)13-7-12(16)3-4-14(13)17/h3-4,7,9-11,15-17H,5-6,8H2,1-2H3. The molecule has 1 aromatic rings. The van der Waals surface area contributed by atoms with Gasteiger partial charge in [-0.15, -0.1) is 0 Å². The Hall–Kier alpha value is -1.26. The molecule has 0 bridgehead atoms. The molecule has 4 nitrogen and oxygen atoms in total. The van der Waals surface area contributed by atoms with Crippen LogP contribution in [-0.2, 0) is 4.74 Å². The molecular weight excluding hydrogens is 230 g/mol. The highest BCUT2D eigenvalue weighted by molar-refractivity contribution is 5.40. The lowest BCUT2D eigenvalue weighted by Crippen LogP contribution is -2.35. The zero-order chi connectivity index (χ0) is 13.1. The highest BCUT2D eigenvalue weighted by Crippen LogP contribution is 2.29. The van der Waals surface area contributed by atoms with E-state index in [0.717, 1.165) is 25.2 Å². The lowest BCUT2D eigenvalue weighted by atomic mass is 9.98. The zero-order valence-electron chi connectivity index (χ0n) is 10.9. The SMILES string of the molecule is CC(NC(C)C1CCOC1)c1cc(O)ccc1O. The van der Waals surface area contributed by atoms with Gasteiger partial charge in [0.15, 0.2) is 0 Å². The Morgan fingerprint density at radius 2 is 2.11 bits per heavy atom. The van der Waals surface area contributed by atoms with Crippen LogP contribution in [0.15, 0.2) is 18.2 Å². The summed E-state index contributed by atoms with van der Waals surface area (Å²) in [4.78, 5) is 0. The smallest absolute Gasteiger partial charge is 0.120 e. The molecular formula is C14H21NO3. The van der Waals surface area contributed by atoms with Crippen molar-refractivity contribution in [2.45, 2.75) is 32.4 Å². The summed E-state index contributed by atoms with van der Waals surface area (Å²) in [5.41, 5.74) is 0.723. The van der Waals surface area contributed by atoms with Gasteiger partial charge < -0.3 is 20.3 Å². The molecule has 1 saturated heterocycles. The monoisotopic (exact) mass is 251 g/mol. The van der Waals surface area contributed by atoms with Gasteiger partial charge in [-0.1, -0.05) is 0 Å². The van der Waals surface area contributed by atoms with Crippen LogP contribution in [0.3, 0.4) is 0 Å². The van der Waals surface area contributed by atoms with E-state index in [9.17, 15) is 10.2 Å². The number of hydrogen-bond acceptors (Lipinski definition) is 4. The van der Waals surface area contributed by atoms with Crippen molar-refractivity contribution in [3.05, 3.63) is 23.8 Å². The van der Waals surface area contributed by atoms with Gasteiger partial charge in [0.2, 0.25) is 0 Å². The molecule has 0 saturated carbocycles. The van der Waals surface area contributed by atoms with Gasteiger partial charge in [0.25, 0.3) is 0 Å². The summed E-state index contributed by atoms with van der Waals surface area (Å²) in [5.74, 6) is 0.905. The van der Waals surface area contributed by atoms with Crippen LogP contribution in [-0.4, -0.2) is 29.5 Å². The van der Waals surface area contributed by atoms with E-state index in [2.05, 4.69) is 12.2 Å². The van der Waals surface area contributed by atoms with Crippen molar-refractivity contribution in [2.24, 2.45) is 5.92 Å². The molecule has 1 aromatic carbocycles. The molecule has 100 valence electrons. The van der Waals surface area contributed by atoms with E-state index < -0.39 is 0 Å². The van der Waals surface area contributed by atoms with E-state index in [0.29, 0.717) is 12.0 Å². The third-order valence-corrected chi connectivity index (χ3v) is 3.66. The fourth-order valence-electron chi connectivity index (χ4n) is 2.46. The summed E-state index contributed by atoms with van der Waals surface area (Å²) in [5, 5.41) is 22.7. The van der Waals surface area contributed by atoms with E-state index >= 15 is 0 Å². The molecule has 4 heteroatoms. The number of nitrogens with one attached hydrogen (secondary N) is 1. The topological polar surface area (TPSA) is 61.7 Å². The number of hydrogen-bond donors (Lipinski definition) is 3. The first-order valence-electron chi connectivity index (χ1n) is 6.43. The van der Waals surface area contributed by atoms with Crippen LogP contribution >= 0.6 is 0 Å². The Labute approximate surface area is 108 Å². The lowest BCUT2D eigenvalue weighted by molar-refractivity contribution is 0.177. The fourth-order valence-corrected chi connectivity index (χ4v) is 2.46. The van der Waals surface area contributed by atoms with Gasteiger partial charge >= 0.3 is 0 Å². The van der Waals surface area contributed by atoms with Gasteiger partial charge in [-0.2, -0.15) is 0 Å². The molecule has 0 amide bonds. The summed E-state index contributed by atoms with van der Waals surface area (Å²) < 4.78 is 5.38. The second-order valence-electron chi connectivity index (χ2n) is 5.04. The number of phenols is 2. The van der Waals surface area contributed by atoms with Crippen molar-refractivity contribution in [1.82, 2.24) is 5.32 Å². The molecule has 2 rings (SSSR count). The van der Waals surface area contributed by atoms with Crippen LogP contribution in [0.25, 0.3) is 0 Å². The average Bonchev–Trinajstić information content (AvgIpc) is 2.85. The van der Waals surface area contributed by atoms with Crippen LogP contribution < -0.4 is 5.32 Å². The van der Waals surface area contributed by atoms with E-state index in [1.54, 1.807) is 6.07 Å². The predicted octanol–water partition coefficient (Wildman–Crippen LogP) is 2.17. The zero-order valence-corrected chi connectivity index (χ0v) is 10.9. The molecule has 0 radical (unpaired) electrons. The van der Waals surface area contributed by atoms with Gasteiger partial charge in [-0.05, 0) is 44.4 Å². The third-order valence-electron chi connectivity index (χ3n) is 3.66. The largest absolute Gasteiger partial charge is 0.508 e. The van der Waals surface area contributed by atoms with Gasteiger partial charge in [0.05, 0.1) is 6.61 Å². The molecule has 3 N–H and O–H groups in total. The first-order chi connectivity index (χ1) is 8.58. The summed E-state index contributed by atoms with van der Waals surface area (Å²) in [6, 6.07) is 4.92. The molecule has 0 aliphatic carbocycles. The van der Waals surface area contributed by atoms with E-state index in [1.165, 1.54) is 12.1 Å². The van der Waals surface area contributed by atoms with Crippen molar-refractivity contribution in [1.29, 1.82) is 0 Å². The first-order valence-corrected chi connectivity index (χ1v) is 6.43. The molecule has 1 aliphatic heterocycles. The van der Waals surface area contributed by atoms with Gasteiger partial charge in [-0.25, -0.2) is 0 Å². The first kappa shape index (κ1) is 13.2. The maximum absolute atomic E-state index is 9.81. The number of aromatic hydroxyl groups is 2. The third kappa shape index (κ3) is 2.94. The minimum absolute atomic E-state index is 0.00676. The number of phenolic OH excluding ortho intramolecular Hbond substituents is 2. The molecule has 3 unspecified atom stereocenters. The number of benzene rings is 1. The quantitative estimate of drug-likeness (QED) is 0.718. The Bertz CT molecular complexity index is 402. The number of ether oxygens (including phenoxy) is 1. The minimum Gasteiger partial charge on any atom is -0.508 e. The predicted molar refractivity (Wildman–Crippen MR) is 69.7 cm³/mol. The Kier molecular flexibility index (Phi) is 4.09. The van der Waals surface area contributed by atoms with E-state index in [1.807, 2.05) is 6.92 Å². The highest BCUT2D eigenvalue weighted by atomic mass is 16.5. The fraction of sp³-hybridized carbons (Fsp3) is 0.571. The van der Waals surface area contributed by atoms with E-state index in [4.69, 9.17) is 4.74 Å². The molecule has 1 fully saturated rings. The molecule has 1 heterocycles. The molecule has 0 spiro atoms. The van der Waals surface area contributed by atoms with Crippen molar-refractivity contribution < 1.29 is 14.9 Å². The second-order valence-corrected chi connectivity index (χ2v) is 5.04. The van der Waals surface area contributed by atoms with Crippen LogP contribution in [0.4, 0.5) is 0 Å². The van der Waals surface area contributed by atoms with Crippen molar-refractivity contribution in [3.8, 4) is 11.5 Å². The van der Waals surface area contributed by atoms with Crippen LogP contribution in [0.1, 0.15) is 31.9 Å². The van der Waals surface area contributed by atoms with Crippen molar-refractivity contribution in [3.63, 3.8) is 0 Å². The van der Waals surface area contributed by atoms with Crippen LogP contribution in [0.5, 0.6) is 11.5 Å². The average molecular weight is 251 g/mol. The van der Waals surface area contributed by atoms with E-state index in [-0.39, 0.29) is 17.5 Å². The second kappa shape index (κ2) is 5.59. The summed E-state index contributed by atoms with van der Waals surface area (Å²) >= 11 is 0. The van der Waals surface area contributed by atoms with Gasteiger partial charge in [0, 0.05) is 24.3 Å². The summed E-state index contributed by atoms with van der Waals surface area (Å²) in [7, 11) is 0. The molecule has 3 atom stereocenters. The Morgan fingerprint density at radius 3 is 2.78 bits per heavy atom. The summed E-state index contributed by atoms with van der Waals surface area (Å²) in [6.45, 7) is 5.76.